The second kappa shape index (κ2) is 4.68. The minimum atomic E-state index is -0.683. The highest BCUT2D eigenvalue weighted by Crippen LogP contribution is 1.93. The Morgan fingerprint density at radius 3 is 2.55 bits per heavy atom. The molecule has 0 aromatic rings. The van der Waals surface area contributed by atoms with Gasteiger partial charge in [-0.15, -0.1) is 0 Å². The van der Waals surface area contributed by atoms with Crippen molar-refractivity contribution in [2.75, 3.05) is 0 Å². The molecule has 0 bridgehead atoms. The molecule has 0 saturated carbocycles. The van der Waals surface area contributed by atoms with Crippen LogP contribution in [0, 0.1) is 5.92 Å². The summed E-state index contributed by atoms with van der Waals surface area (Å²) in [4.78, 5) is 10.1. The van der Waals surface area contributed by atoms with Gasteiger partial charge in [0.05, 0.1) is 0 Å². The van der Waals surface area contributed by atoms with E-state index in [0.717, 1.165) is 0 Å². The molecule has 0 unspecified atom stereocenters. The molecule has 0 aromatic carbocycles. The molecular weight excluding hydrogens is 144 g/mol. The van der Waals surface area contributed by atoms with Crippen molar-refractivity contribution in [3.63, 3.8) is 0 Å². The van der Waals surface area contributed by atoms with Crippen molar-refractivity contribution in [2.24, 2.45) is 22.5 Å². The number of carbonyl (C=O) groups excluding carboxylic acids is 1. The van der Waals surface area contributed by atoms with Gasteiger partial charge in [-0.05, 0) is 5.92 Å². The van der Waals surface area contributed by atoms with Gasteiger partial charge in [-0.2, -0.15) is 5.10 Å². The normalized spacial score (nSPS) is 13.8. The van der Waals surface area contributed by atoms with Crippen LogP contribution >= 0.6 is 0 Å². The number of primary amides is 1. The maximum Gasteiger partial charge on any atom is 0.332 e. The highest BCUT2D eigenvalue weighted by atomic mass is 16.2. The fourth-order valence-electron chi connectivity index (χ4n) is 0.359. The summed E-state index contributed by atoms with van der Waals surface area (Å²) in [5, 5.41) is 3.52. The van der Waals surface area contributed by atoms with Crippen LogP contribution in [0.5, 0.6) is 0 Å². The van der Waals surface area contributed by atoms with Gasteiger partial charge in [0.1, 0.15) is 0 Å². The van der Waals surface area contributed by atoms with Crippen LogP contribution in [0.4, 0.5) is 4.79 Å². The lowest BCUT2D eigenvalue weighted by Crippen LogP contribution is -2.31. The summed E-state index contributed by atoms with van der Waals surface area (Å²) in [6.45, 7) is 3.92. The molecule has 0 heterocycles. The van der Waals surface area contributed by atoms with E-state index >= 15 is 0 Å². The van der Waals surface area contributed by atoms with E-state index in [1.807, 2.05) is 13.8 Å². The molecule has 0 radical (unpaired) electrons. The van der Waals surface area contributed by atoms with Crippen molar-refractivity contribution in [2.45, 2.75) is 19.9 Å². The SMILES string of the molecule is CC(C)[C@H](N)/C=N/NC(N)=O. The van der Waals surface area contributed by atoms with Crippen molar-refractivity contribution in [3.8, 4) is 0 Å². The average Bonchev–Trinajstić information content (AvgIpc) is 1.86. The van der Waals surface area contributed by atoms with Gasteiger partial charge in [-0.1, -0.05) is 13.8 Å². The van der Waals surface area contributed by atoms with E-state index in [1.165, 1.54) is 6.21 Å². The second-order valence-electron chi connectivity index (χ2n) is 2.58. The first kappa shape index (κ1) is 9.90. The van der Waals surface area contributed by atoms with Gasteiger partial charge >= 0.3 is 6.03 Å². The average molecular weight is 158 g/mol. The molecule has 0 saturated heterocycles. The van der Waals surface area contributed by atoms with E-state index in [0.29, 0.717) is 5.92 Å². The number of hydrogen-bond donors (Lipinski definition) is 3. The highest BCUT2D eigenvalue weighted by molar-refractivity contribution is 5.73. The molecule has 0 aliphatic rings. The molecule has 0 spiro atoms. The minimum Gasteiger partial charge on any atom is -0.350 e. The molecule has 0 aliphatic heterocycles. The summed E-state index contributed by atoms with van der Waals surface area (Å²) in [6.07, 6.45) is 1.45. The molecule has 2 amide bonds. The predicted molar refractivity (Wildman–Crippen MR) is 44.0 cm³/mol. The van der Waals surface area contributed by atoms with Gasteiger partial charge in [0.2, 0.25) is 0 Å². The van der Waals surface area contributed by atoms with E-state index in [-0.39, 0.29) is 6.04 Å². The number of carbonyl (C=O) groups is 1. The molecule has 64 valence electrons. The van der Waals surface area contributed by atoms with Crippen LogP contribution in [-0.4, -0.2) is 18.3 Å². The molecule has 0 aromatic heterocycles. The van der Waals surface area contributed by atoms with Gasteiger partial charge in [-0.3, -0.25) is 0 Å². The molecule has 0 rings (SSSR count). The van der Waals surface area contributed by atoms with Gasteiger partial charge in [0, 0.05) is 12.3 Å². The van der Waals surface area contributed by atoms with E-state index in [1.54, 1.807) is 0 Å². The monoisotopic (exact) mass is 158 g/mol. The zero-order valence-corrected chi connectivity index (χ0v) is 6.74. The van der Waals surface area contributed by atoms with Crippen molar-refractivity contribution < 1.29 is 4.79 Å². The van der Waals surface area contributed by atoms with Crippen LogP contribution in [0.2, 0.25) is 0 Å². The summed E-state index contributed by atoms with van der Waals surface area (Å²) in [5.74, 6) is 0.299. The number of nitrogens with one attached hydrogen (secondary N) is 1. The minimum absolute atomic E-state index is 0.151. The Labute approximate surface area is 65.8 Å². The molecular formula is C6H14N4O. The van der Waals surface area contributed by atoms with Crippen molar-refractivity contribution >= 4 is 12.2 Å². The van der Waals surface area contributed by atoms with Crippen molar-refractivity contribution in [1.29, 1.82) is 0 Å². The smallest absolute Gasteiger partial charge is 0.332 e. The molecule has 1 atom stereocenters. The number of urea groups is 1. The third kappa shape index (κ3) is 5.35. The lowest BCUT2D eigenvalue weighted by Gasteiger charge is -2.08. The van der Waals surface area contributed by atoms with Gasteiger partial charge in [0.15, 0.2) is 0 Å². The summed E-state index contributed by atoms with van der Waals surface area (Å²) in [7, 11) is 0. The van der Waals surface area contributed by atoms with Crippen LogP contribution in [0.1, 0.15) is 13.8 Å². The topological polar surface area (TPSA) is 93.5 Å². The highest BCUT2D eigenvalue weighted by Gasteiger charge is 2.02. The van der Waals surface area contributed by atoms with E-state index in [4.69, 9.17) is 11.5 Å². The van der Waals surface area contributed by atoms with Crippen LogP contribution in [0.15, 0.2) is 5.10 Å². The largest absolute Gasteiger partial charge is 0.350 e. The standard InChI is InChI=1S/C6H14N4O/c1-4(2)5(7)3-9-10-6(8)11/h3-5H,7H2,1-2H3,(H3,8,10,11)/b9-3+/t5-/m1/s1. The first-order valence-corrected chi connectivity index (χ1v) is 3.38. The molecule has 5 nitrogen and oxygen atoms in total. The lowest BCUT2D eigenvalue weighted by atomic mass is 10.1. The van der Waals surface area contributed by atoms with E-state index in [9.17, 15) is 4.79 Å². The fourth-order valence-corrected chi connectivity index (χ4v) is 0.359. The zero-order chi connectivity index (χ0) is 8.85. The number of rotatable bonds is 3. The molecule has 5 N–H and O–H groups in total. The maximum absolute atomic E-state index is 10.1. The Balaban J connectivity index is 3.65. The molecule has 5 heteroatoms. The fraction of sp³-hybridized carbons (Fsp3) is 0.667. The van der Waals surface area contributed by atoms with Gasteiger partial charge < -0.3 is 11.5 Å². The second-order valence-corrected chi connectivity index (χ2v) is 2.58. The van der Waals surface area contributed by atoms with Gasteiger partial charge in [0.25, 0.3) is 0 Å². The Hall–Kier alpha value is -1.10. The number of nitrogens with zero attached hydrogens (tertiary/aromatic N) is 1. The van der Waals surface area contributed by atoms with Gasteiger partial charge in [-0.25, -0.2) is 10.2 Å². The molecule has 0 fully saturated rings. The van der Waals surface area contributed by atoms with Crippen molar-refractivity contribution in [3.05, 3.63) is 0 Å². The van der Waals surface area contributed by atoms with Crippen LogP contribution < -0.4 is 16.9 Å². The molecule has 0 aliphatic carbocycles. The molecule has 11 heavy (non-hydrogen) atoms. The summed E-state index contributed by atoms with van der Waals surface area (Å²) in [5.41, 5.74) is 12.4. The summed E-state index contributed by atoms with van der Waals surface area (Å²) >= 11 is 0. The van der Waals surface area contributed by atoms with Crippen LogP contribution in [0.25, 0.3) is 0 Å². The number of amides is 2. The van der Waals surface area contributed by atoms with E-state index in [2.05, 4.69) is 10.5 Å². The van der Waals surface area contributed by atoms with Crippen LogP contribution in [0.3, 0.4) is 0 Å². The number of nitrogens with two attached hydrogens (primary N) is 2. The lowest BCUT2D eigenvalue weighted by molar-refractivity contribution is 0.249. The quantitative estimate of drug-likeness (QED) is 0.386. The number of hydrazone groups is 1. The van der Waals surface area contributed by atoms with Crippen molar-refractivity contribution in [1.82, 2.24) is 5.43 Å². The third-order valence-electron chi connectivity index (χ3n) is 1.19. The Bertz CT molecular complexity index is 155. The summed E-state index contributed by atoms with van der Waals surface area (Å²) in [6, 6.07) is -0.834. The zero-order valence-electron chi connectivity index (χ0n) is 6.74. The first-order chi connectivity index (χ1) is 5.04. The maximum atomic E-state index is 10.1. The van der Waals surface area contributed by atoms with Crippen LogP contribution in [-0.2, 0) is 0 Å². The van der Waals surface area contributed by atoms with E-state index < -0.39 is 6.03 Å². The summed E-state index contributed by atoms with van der Waals surface area (Å²) < 4.78 is 0. The predicted octanol–water partition coefficient (Wildman–Crippen LogP) is -0.376. The third-order valence-corrected chi connectivity index (χ3v) is 1.19. The Kier molecular flexibility index (Phi) is 4.21. The Morgan fingerprint density at radius 1 is 1.64 bits per heavy atom. The Morgan fingerprint density at radius 2 is 2.18 bits per heavy atom. The first-order valence-electron chi connectivity index (χ1n) is 3.38. The number of hydrogen-bond acceptors (Lipinski definition) is 3.